The minimum absolute atomic E-state index is 0.126. The number of rotatable bonds is 2. The van der Waals surface area contributed by atoms with Crippen LogP contribution >= 0.6 is 11.6 Å². The lowest BCUT2D eigenvalue weighted by atomic mass is 9.89. The molecule has 3 amide bonds. The van der Waals surface area contributed by atoms with Gasteiger partial charge in [0, 0.05) is 36.2 Å². The summed E-state index contributed by atoms with van der Waals surface area (Å²) < 4.78 is 0. The summed E-state index contributed by atoms with van der Waals surface area (Å²) in [7, 11) is 1.52. The van der Waals surface area contributed by atoms with Gasteiger partial charge in [0.2, 0.25) is 0 Å². The zero-order valence-corrected chi connectivity index (χ0v) is 14.0. The second-order valence-electron chi connectivity index (χ2n) is 6.41. The third-order valence-electron chi connectivity index (χ3n) is 5.03. The van der Waals surface area contributed by atoms with Crippen LogP contribution in [-0.4, -0.2) is 53.2 Å². The number of amides is 3. The number of imide groups is 1. The number of anilines is 1. The highest BCUT2D eigenvalue weighted by Crippen LogP contribution is 2.33. The van der Waals surface area contributed by atoms with Crippen LogP contribution in [0.25, 0.3) is 10.9 Å². The fourth-order valence-electron chi connectivity index (χ4n) is 3.65. The van der Waals surface area contributed by atoms with Gasteiger partial charge in [-0.25, -0.2) is 4.79 Å². The molecule has 1 aromatic heterocycles. The Bertz CT molecular complexity index is 812. The van der Waals surface area contributed by atoms with E-state index in [1.807, 2.05) is 18.3 Å². The van der Waals surface area contributed by atoms with Gasteiger partial charge in [-0.2, -0.15) is 5.10 Å². The Morgan fingerprint density at radius 2 is 2.00 bits per heavy atom. The number of likely N-dealkylation sites (N-methyl/N-ethyl adjacent to an activating group) is 1. The van der Waals surface area contributed by atoms with Crippen LogP contribution < -0.4 is 10.2 Å². The van der Waals surface area contributed by atoms with E-state index in [0.29, 0.717) is 5.02 Å². The molecule has 2 aliphatic heterocycles. The van der Waals surface area contributed by atoms with E-state index in [1.165, 1.54) is 11.9 Å². The fraction of sp³-hybridized carbons (Fsp3) is 0.438. The van der Waals surface area contributed by atoms with Gasteiger partial charge < -0.3 is 10.2 Å². The Labute approximate surface area is 143 Å². The van der Waals surface area contributed by atoms with Crippen molar-refractivity contribution < 1.29 is 9.59 Å². The number of fused-ring (bicyclic) bond motifs is 1. The van der Waals surface area contributed by atoms with E-state index in [1.54, 1.807) is 0 Å². The molecule has 0 unspecified atom stereocenters. The van der Waals surface area contributed by atoms with E-state index in [0.717, 1.165) is 42.5 Å². The SMILES string of the molecule is CN1C(=O)N[C@@H](C2CCN(c3cc(Cl)cc4[nH]ncc34)CC2)C1=O. The zero-order valence-electron chi connectivity index (χ0n) is 13.3. The van der Waals surface area contributed by atoms with Gasteiger partial charge in [-0.05, 0) is 30.9 Å². The van der Waals surface area contributed by atoms with Gasteiger partial charge in [0.1, 0.15) is 6.04 Å². The fourth-order valence-corrected chi connectivity index (χ4v) is 3.87. The van der Waals surface area contributed by atoms with Crippen LogP contribution in [-0.2, 0) is 4.79 Å². The van der Waals surface area contributed by atoms with Gasteiger partial charge >= 0.3 is 6.03 Å². The quantitative estimate of drug-likeness (QED) is 0.814. The lowest BCUT2D eigenvalue weighted by Gasteiger charge is -2.35. The maximum atomic E-state index is 12.2. The molecule has 2 aliphatic rings. The topological polar surface area (TPSA) is 81.3 Å². The Morgan fingerprint density at radius 1 is 1.25 bits per heavy atom. The molecule has 1 aromatic carbocycles. The number of piperidine rings is 1. The Morgan fingerprint density at radius 3 is 2.67 bits per heavy atom. The summed E-state index contributed by atoms with van der Waals surface area (Å²) in [5.41, 5.74) is 1.98. The van der Waals surface area contributed by atoms with Crippen molar-refractivity contribution in [1.82, 2.24) is 20.4 Å². The van der Waals surface area contributed by atoms with Crippen molar-refractivity contribution in [2.24, 2.45) is 5.92 Å². The number of benzene rings is 1. The molecule has 8 heteroatoms. The number of carbonyl (C=O) groups excluding carboxylic acids is 2. The first-order chi connectivity index (χ1) is 11.5. The first-order valence-corrected chi connectivity index (χ1v) is 8.38. The molecular formula is C16H18ClN5O2. The molecule has 2 N–H and O–H groups in total. The van der Waals surface area contributed by atoms with E-state index >= 15 is 0 Å². The highest BCUT2D eigenvalue weighted by molar-refractivity contribution is 6.31. The monoisotopic (exact) mass is 347 g/mol. The van der Waals surface area contributed by atoms with E-state index in [2.05, 4.69) is 20.4 Å². The Balaban J connectivity index is 1.51. The standard InChI is InChI=1S/C16H18ClN5O2/c1-21-15(23)14(19-16(21)24)9-2-4-22(5-3-9)13-7-10(17)6-12-11(13)8-18-20-12/h6-9,14H,2-5H2,1H3,(H,18,20)(H,19,24)/t14-/m0/s1. The smallest absolute Gasteiger partial charge is 0.324 e. The minimum atomic E-state index is -0.391. The normalized spacial score (nSPS) is 22.5. The van der Waals surface area contributed by atoms with Crippen molar-refractivity contribution in [3.63, 3.8) is 0 Å². The predicted octanol–water partition coefficient (Wildman–Crippen LogP) is 1.98. The van der Waals surface area contributed by atoms with Crippen LogP contribution in [0.3, 0.4) is 0 Å². The second-order valence-corrected chi connectivity index (χ2v) is 6.84. The van der Waals surface area contributed by atoms with Crippen LogP contribution in [0.2, 0.25) is 5.02 Å². The lowest BCUT2D eigenvalue weighted by Crippen LogP contribution is -2.44. The number of urea groups is 1. The zero-order chi connectivity index (χ0) is 16.8. The van der Waals surface area contributed by atoms with Crippen LogP contribution in [0.4, 0.5) is 10.5 Å². The van der Waals surface area contributed by atoms with E-state index < -0.39 is 6.04 Å². The number of aromatic amines is 1. The summed E-state index contributed by atoms with van der Waals surface area (Å²) in [6.45, 7) is 1.63. The average molecular weight is 348 g/mol. The molecule has 126 valence electrons. The summed E-state index contributed by atoms with van der Waals surface area (Å²) in [4.78, 5) is 27.2. The molecule has 1 atom stereocenters. The largest absolute Gasteiger partial charge is 0.371 e. The molecule has 0 radical (unpaired) electrons. The van der Waals surface area contributed by atoms with Gasteiger partial charge in [-0.3, -0.25) is 14.8 Å². The van der Waals surface area contributed by atoms with Crippen LogP contribution in [0.1, 0.15) is 12.8 Å². The molecule has 0 bridgehead atoms. The van der Waals surface area contributed by atoms with Crippen molar-refractivity contribution in [2.75, 3.05) is 25.0 Å². The van der Waals surface area contributed by atoms with E-state index in [-0.39, 0.29) is 17.9 Å². The number of hydrogen-bond acceptors (Lipinski definition) is 4. The van der Waals surface area contributed by atoms with Gasteiger partial charge in [0.05, 0.1) is 11.7 Å². The highest BCUT2D eigenvalue weighted by atomic mass is 35.5. The number of nitrogens with one attached hydrogen (secondary N) is 2. The van der Waals surface area contributed by atoms with Crippen molar-refractivity contribution >= 4 is 40.1 Å². The van der Waals surface area contributed by atoms with Crippen LogP contribution in [0, 0.1) is 5.92 Å². The van der Waals surface area contributed by atoms with Crippen LogP contribution in [0.5, 0.6) is 0 Å². The van der Waals surface area contributed by atoms with Crippen molar-refractivity contribution in [2.45, 2.75) is 18.9 Å². The van der Waals surface area contributed by atoms with E-state index in [9.17, 15) is 9.59 Å². The summed E-state index contributed by atoms with van der Waals surface area (Å²) in [5.74, 6) is 0.0418. The Hall–Kier alpha value is -2.28. The number of nitrogens with zero attached hydrogens (tertiary/aromatic N) is 3. The molecular weight excluding hydrogens is 330 g/mol. The highest BCUT2D eigenvalue weighted by Gasteiger charge is 2.41. The molecule has 2 aromatic rings. The molecule has 24 heavy (non-hydrogen) atoms. The predicted molar refractivity (Wildman–Crippen MR) is 91.1 cm³/mol. The number of aromatic nitrogens is 2. The van der Waals surface area contributed by atoms with Gasteiger partial charge in [-0.1, -0.05) is 11.6 Å². The lowest BCUT2D eigenvalue weighted by molar-refractivity contribution is -0.127. The molecule has 3 heterocycles. The van der Waals surface area contributed by atoms with Crippen LogP contribution in [0.15, 0.2) is 18.3 Å². The van der Waals surface area contributed by atoms with E-state index in [4.69, 9.17) is 11.6 Å². The van der Waals surface area contributed by atoms with Gasteiger partial charge in [0.25, 0.3) is 5.91 Å². The maximum absolute atomic E-state index is 12.2. The third kappa shape index (κ3) is 2.39. The molecule has 2 fully saturated rings. The summed E-state index contributed by atoms with van der Waals surface area (Å²) >= 11 is 6.21. The number of halogens is 1. The third-order valence-corrected chi connectivity index (χ3v) is 5.25. The summed E-state index contributed by atoms with van der Waals surface area (Å²) in [6.07, 6.45) is 3.50. The Kier molecular flexibility index (Phi) is 3.60. The molecule has 4 rings (SSSR count). The molecule has 2 saturated heterocycles. The van der Waals surface area contributed by atoms with Crippen molar-refractivity contribution in [1.29, 1.82) is 0 Å². The second kappa shape index (κ2) is 5.66. The molecule has 0 saturated carbocycles. The molecule has 7 nitrogen and oxygen atoms in total. The summed E-state index contributed by atoms with van der Waals surface area (Å²) in [6, 6.07) is 3.12. The minimum Gasteiger partial charge on any atom is -0.371 e. The number of H-pyrrole nitrogens is 1. The number of hydrogen-bond donors (Lipinski definition) is 2. The first-order valence-electron chi connectivity index (χ1n) is 8.00. The van der Waals surface area contributed by atoms with Gasteiger partial charge in [-0.15, -0.1) is 0 Å². The summed E-state index contributed by atoms with van der Waals surface area (Å²) in [5, 5.41) is 11.6. The maximum Gasteiger partial charge on any atom is 0.324 e. The van der Waals surface area contributed by atoms with Crippen molar-refractivity contribution in [3.05, 3.63) is 23.4 Å². The molecule has 0 spiro atoms. The van der Waals surface area contributed by atoms with Gasteiger partial charge in [0.15, 0.2) is 0 Å². The number of carbonyl (C=O) groups is 2. The average Bonchev–Trinajstić information content (AvgIpc) is 3.14. The molecule has 0 aliphatic carbocycles. The first kappa shape index (κ1) is 15.3. The van der Waals surface area contributed by atoms with Crippen molar-refractivity contribution in [3.8, 4) is 0 Å².